The van der Waals surface area contributed by atoms with Crippen molar-refractivity contribution in [2.75, 3.05) is 6.61 Å². The van der Waals surface area contributed by atoms with Gasteiger partial charge < -0.3 is 15.2 Å². The van der Waals surface area contributed by atoms with E-state index in [1.54, 1.807) is 32.0 Å². The van der Waals surface area contributed by atoms with Crippen LogP contribution in [0.5, 0.6) is 0 Å². The Kier molecular flexibility index (Phi) is 6.09. The summed E-state index contributed by atoms with van der Waals surface area (Å²) in [6.45, 7) is 3.54. The zero-order valence-corrected chi connectivity index (χ0v) is 13.8. The van der Waals surface area contributed by atoms with Crippen molar-refractivity contribution in [2.24, 2.45) is 0 Å². The lowest BCUT2D eigenvalue weighted by atomic mass is 10.0. The Morgan fingerprint density at radius 2 is 1.88 bits per heavy atom. The van der Waals surface area contributed by atoms with Crippen molar-refractivity contribution in [3.63, 3.8) is 0 Å². The van der Waals surface area contributed by atoms with Crippen LogP contribution in [0.25, 0.3) is 0 Å². The molecule has 0 saturated heterocycles. The van der Waals surface area contributed by atoms with Crippen molar-refractivity contribution < 1.29 is 19.4 Å². The highest BCUT2D eigenvalue weighted by Gasteiger charge is 2.14. The molecule has 0 radical (unpaired) electrons. The molecule has 126 valence electrons. The van der Waals surface area contributed by atoms with Crippen LogP contribution in [0.4, 0.5) is 0 Å². The second kappa shape index (κ2) is 8.26. The summed E-state index contributed by atoms with van der Waals surface area (Å²) in [5.41, 5.74) is 2.44. The smallest absolute Gasteiger partial charge is 0.338 e. The van der Waals surface area contributed by atoms with Gasteiger partial charge in [-0.25, -0.2) is 4.79 Å². The first-order valence-electron chi connectivity index (χ1n) is 7.74. The van der Waals surface area contributed by atoms with Crippen molar-refractivity contribution >= 4 is 11.9 Å². The number of ether oxygens (including phenoxy) is 1. The molecule has 0 heterocycles. The minimum atomic E-state index is -0.424. The van der Waals surface area contributed by atoms with Crippen molar-refractivity contribution in [3.8, 4) is 0 Å². The van der Waals surface area contributed by atoms with E-state index in [1.807, 2.05) is 30.3 Å². The number of esters is 1. The van der Waals surface area contributed by atoms with E-state index in [-0.39, 0.29) is 25.2 Å². The standard InChI is InChI=1S/C19H21NO4/c1-13-10-16(18(22)20-14(2)11-21)8-9-17(13)19(23)24-12-15-6-4-3-5-7-15/h3-10,14,21H,11-12H2,1-2H3,(H,20,22). The molecule has 0 aromatic heterocycles. The van der Waals surface area contributed by atoms with E-state index in [2.05, 4.69) is 5.32 Å². The van der Waals surface area contributed by atoms with Gasteiger partial charge in [-0.2, -0.15) is 0 Å². The highest BCUT2D eigenvalue weighted by Crippen LogP contribution is 2.14. The van der Waals surface area contributed by atoms with E-state index in [4.69, 9.17) is 9.84 Å². The third kappa shape index (κ3) is 4.67. The molecule has 0 aliphatic rings. The summed E-state index contributed by atoms with van der Waals surface area (Å²) in [4.78, 5) is 24.2. The monoisotopic (exact) mass is 327 g/mol. The highest BCUT2D eigenvalue weighted by molar-refractivity contribution is 5.97. The Balaban J connectivity index is 2.03. The Bertz CT molecular complexity index is 713. The van der Waals surface area contributed by atoms with Gasteiger partial charge in [0.1, 0.15) is 6.61 Å². The van der Waals surface area contributed by atoms with Gasteiger partial charge in [-0.05, 0) is 43.2 Å². The summed E-state index contributed by atoms with van der Waals surface area (Å²) < 4.78 is 5.30. The summed E-state index contributed by atoms with van der Waals surface area (Å²) in [7, 11) is 0. The molecular weight excluding hydrogens is 306 g/mol. The first kappa shape index (κ1) is 17.7. The molecule has 0 bridgehead atoms. The normalized spacial score (nSPS) is 11.6. The fraction of sp³-hybridized carbons (Fsp3) is 0.263. The van der Waals surface area contributed by atoms with Gasteiger partial charge in [0, 0.05) is 11.6 Å². The third-order valence-corrected chi connectivity index (χ3v) is 3.57. The van der Waals surface area contributed by atoms with Crippen LogP contribution < -0.4 is 5.32 Å². The minimum Gasteiger partial charge on any atom is -0.457 e. The van der Waals surface area contributed by atoms with E-state index in [1.165, 1.54) is 0 Å². The zero-order chi connectivity index (χ0) is 17.5. The predicted octanol–water partition coefficient (Wildman–Crippen LogP) is 2.46. The summed E-state index contributed by atoms with van der Waals surface area (Å²) in [5.74, 6) is -0.712. The maximum atomic E-state index is 12.2. The van der Waals surface area contributed by atoms with Crippen molar-refractivity contribution in [2.45, 2.75) is 26.5 Å². The number of rotatable bonds is 6. The predicted molar refractivity (Wildman–Crippen MR) is 90.8 cm³/mol. The molecule has 2 aromatic rings. The first-order valence-corrected chi connectivity index (χ1v) is 7.74. The molecule has 1 amide bonds. The third-order valence-electron chi connectivity index (χ3n) is 3.57. The Hall–Kier alpha value is -2.66. The van der Waals surface area contributed by atoms with Crippen LogP contribution in [0.2, 0.25) is 0 Å². The van der Waals surface area contributed by atoms with Crippen LogP contribution in [0.3, 0.4) is 0 Å². The SMILES string of the molecule is Cc1cc(C(=O)NC(C)CO)ccc1C(=O)OCc1ccccc1. The number of benzene rings is 2. The molecule has 2 rings (SSSR count). The van der Waals surface area contributed by atoms with Gasteiger partial charge in [-0.3, -0.25) is 4.79 Å². The molecule has 2 N–H and O–H groups in total. The number of hydrogen-bond donors (Lipinski definition) is 2. The number of hydrogen-bond acceptors (Lipinski definition) is 4. The fourth-order valence-corrected chi connectivity index (χ4v) is 2.19. The van der Waals surface area contributed by atoms with Gasteiger partial charge in [-0.15, -0.1) is 0 Å². The molecule has 5 heteroatoms. The van der Waals surface area contributed by atoms with E-state index < -0.39 is 5.97 Å². The lowest BCUT2D eigenvalue weighted by Gasteiger charge is -2.12. The van der Waals surface area contributed by atoms with Crippen LogP contribution in [0.1, 0.15) is 38.8 Å². The van der Waals surface area contributed by atoms with Crippen LogP contribution in [-0.4, -0.2) is 29.6 Å². The number of carbonyl (C=O) groups is 2. The Morgan fingerprint density at radius 3 is 2.50 bits per heavy atom. The van der Waals surface area contributed by atoms with E-state index in [0.717, 1.165) is 5.56 Å². The van der Waals surface area contributed by atoms with Crippen LogP contribution in [-0.2, 0) is 11.3 Å². The summed E-state index contributed by atoms with van der Waals surface area (Å²) >= 11 is 0. The molecule has 0 saturated carbocycles. The van der Waals surface area contributed by atoms with Crippen LogP contribution in [0, 0.1) is 6.92 Å². The lowest BCUT2D eigenvalue weighted by Crippen LogP contribution is -2.35. The highest BCUT2D eigenvalue weighted by atomic mass is 16.5. The topological polar surface area (TPSA) is 75.6 Å². The molecule has 0 aliphatic carbocycles. The molecule has 0 fully saturated rings. The molecule has 0 spiro atoms. The van der Waals surface area contributed by atoms with Crippen molar-refractivity contribution in [1.29, 1.82) is 0 Å². The summed E-state index contributed by atoms with van der Waals surface area (Å²) in [5, 5.41) is 11.6. The first-order chi connectivity index (χ1) is 11.5. The van der Waals surface area contributed by atoms with Gasteiger partial charge in [0.05, 0.1) is 12.2 Å². The summed E-state index contributed by atoms with van der Waals surface area (Å²) in [6.07, 6.45) is 0. The van der Waals surface area contributed by atoms with Gasteiger partial charge in [0.15, 0.2) is 0 Å². The molecule has 24 heavy (non-hydrogen) atoms. The number of amides is 1. The molecule has 2 aromatic carbocycles. The fourth-order valence-electron chi connectivity index (χ4n) is 2.19. The van der Waals surface area contributed by atoms with Crippen LogP contribution >= 0.6 is 0 Å². The maximum Gasteiger partial charge on any atom is 0.338 e. The van der Waals surface area contributed by atoms with Crippen LogP contribution in [0.15, 0.2) is 48.5 Å². The molecule has 5 nitrogen and oxygen atoms in total. The Labute approximate surface area is 141 Å². The van der Waals surface area contributed by atoms with Gasteiger partial charge in [-0.1, -0.05) is 30.3 Å². The second-order valence-electron chi connectivity index (χ2n) is 5.65. The van der Waals surface area contributed by atoms with Gasteiger partial charge in [0.25, 0.3) is 5.91 Å². The number of aryl methyl sites for hydroxylation is 1. The quantitative estimate of drug-likeness (QED) is 0.799. The number of carbonyl (C=O) groups excluding carboxylic acids is 2. The van der Waals surface area contributed by atoms with E-state index >= 15 is 0 Å². The largest absolute Gasteiger partial charge is 0.457 e. The van der Waals surface area contributed by atoms with E-state index in [0.29, 0.717) is 16.7 Å². The second-order valence-corrected chi connectivity index (χ2v) is 5.65. The zero-order valence-electron chi connectivity index (χ0n) is 13.8. The average Bonchev–Trinajstić information content (AvgIpc) is 2.60. The van der Waals surface area contributed by atoms with Crippen molar-refractivity contribution in [1.82, 2.24) is 5.32 Å². The van der Waals surface area contributed by atoms with Gasteiger partial charge >= 0.3 is 5.97 Å². The van der Waals surface area contributed by atoms with E-state index in [9.17, 15) is 9.59 Å². The molecular formula is C19H21NO4. The number of aliphatic hydroxyl groups is 1. The van der Waals surface area contributed by atoms with Gasteiger partial charge in [0.2, 0.25) is 0 Å². The molecule has 1 unspecified atom stereocenters. The Morgan fingerprint density at radius 1 is 1.17 bits per heavy atom. The van der Waals surface area contributed by atoms with Crippen molar-refractivity contribution in [3.05, 3.63) is 70.8 Å². The number of nitrogens with one attached hydrogen (secondary N) is 1. The minimum absolute atomic E-state index is 0.130. The molecule has 1 atom stereocenters. The summed E-state index contributed by atoms with van der Waals surface area (Å²) in [6, 6.07) is 13.9. The lowest BCUT2D eigenvalue weighted by molar-refractivity contribution is 0.0471. The maximum absolute atomic E-state index is 12.2. The average molecular weight is 327 g/mol. The molecule has 0 aliphatic heterocycles. The number of aliphatic hydroxyl groups excluding tert-OH is 1.